The van der Waals surface area contributed by atoms with Gasteiger partial charge in [-0.25, -0.2) is 0 Å². The van der Waals surface area contributed by atoms with Crippen LogP contribution in [-0.2, 0) is 28.6 Å². The second-order valence-corrected chi connectivity index (χ2v) is 4.99. The normalized spacial score (nSPS) is 10.9. The van der Waals surface area contributed by atoms with Gasteiger partial charge in [0, 0.05) is 6.42 Å². The molecule has 0 radical (unpaired) electrons. The van der Waals surface area contributed by atoms with Gasteiger partial charge in [0.15, 0.2) is 0 Å². The first kappa shape index (κ1) is 20.0. The number of esters is 3. The highest BCUT2D eigenvalue weighted by Gasteiger charge is 2.34. The minimum Gasteiger partial charge on any atom is -0.465 e. The van der Waals surface area contributed by atoms with Gasteiger partial charge in [-0.15, -0.1) is 23.2 Å². The van der Waals surface area contributed by atoms with E-state index < -0.39 is 17.4 Å². The third-order valence-electron chi connectivity index (χ3n) is 2.87. The number of carbonyl (C=O) groups excluding carboxylic acids is 3. The summed E-state index contributed by atoms with van der Waals surface area (Å²) in [6.45, 7) is 3.31. The quantitative estimate of drug-likeness (QED) is 0.342. The van der Waals surface area contributed by atoms with Gasteiger partial charge in [0.1, 0.15) is 31.6 Å². The third-order valence-corrected chi connectivity index (χ3v) is 3.31. The standard InChI is InChI=1S/C13H20Cl2O6/c1-3-10(16)19-7-13(4-2,8-20-11(17)5-14)9-21-12(18)6-15/h3-9H2,1-2H3. The second kappa shape index (κ2) is 10.7. The van der Waals surface area contributed by atoms with Crippen LogP contribution in [0.1, 0.15) is 26.7 Å². The largest absolute Gasteiger partial charge is 0.465 e. The van der Waals surface area contributed by atoms with E-state index in [0.29, 0.717) is 6.42 Å². The molecular weight excluding hydrogens is 323 g/mol. The van der Waals surface area contributed by atoms with Crippen LogP contribution in [0.2, 0.25) is 0 Å². The molecule has 21 heavy (non-hydrogen) atoms. The average molecular weight is 343 g/mol. The number of hydrogen-bond donors (Lipinski definition) is 0. The Hall–Kier alpha value is -1.01. The Labute approximate surface area is 134 Å². The van der Waals surface area contributed by atoms with E-state index in [0.717, 1.165) is 0 Å². The van der Waals surface area contributed by atoms with Crippen molar-refractivity contribution in [2.75, 3.05) is 31.6 Å². The predicted molar refractivity (Wildman–Crippen MR) is 77.3 cm³/mol. The van der Waals surface area contributed by atoms with Gasteiger partial charge in [-0.05, 0) is 6.42 Å². The van der Waals surface area contributed by atoms with Gasteiger partial charge in [0.2, 0.25) is 0 Å². The Balaban J connectivity index is 4.76. The Morgan fingerprint density at radius 3 is 1.48 bits per heavy atom. The van der Waals surface area contributed by atoms with Crippen LogP contribution < -0.4 is 0 Å². The molecule has 6 nitrogen and oxygen atoms in total. The molecule has 0 saturated heterocycles. The van der Waals surface area contributed by atoms with Crippen LogP contribution in [0.3, 0.4) is 0 Å². The van der Waals surface area contributed by atoms with Crippen molar-refractivity contribution >= 4 is 41.1 Å². The lowest BCUT2D eigenvalue weighted by molar-refractivity contribution is -0.160. The van der Waals surface area contributed by atoms with E-state index in [9.17, 15) is 14.4 Å². The van der Waals surface area contributed by atoms with Crippen molar-refractivity contribution in [3.05, 3.63) is 0 Å². The molecule has 0 aliphatic rings. The van der Waals surface area contributed by atoms with Gasteiger partial charge < -0.3 is 14.2 Å². The van der Waals surface area contributed by atoms with Crippen molar-refractivity contribution in [3.8, 4) is 0 Å². The minimum atomic E-state index is -0.811. The first-order chi connectivity index (χ1) is 9.92. The summed E-state index contributed by atoms with van der Waals surface area (Å²) in [5.41, 5.74) is -0.811. The predicted octanol–water partition coefficient (Wildman–Crippen LogP) is 1.90. The maximum absolute atomic E-state index is 11.3. The van der Waals surface area contributed by atoms with Crippen LogP contribution in [0, 0.1) is 5.41 Å². The maximum Gasteiger partial charge on any atom is 0.320 e. The molecule has 0 heterocycles. The molecule has 0 unspecified atom stereocenters. The zero-order valence-electron chi connectivity index (χ0n) is 12.2. The summed E-state index contributed by atoms with van der Waals surface area (Å²) in [6, 6.07) is 0. The molecule has 0 spiro atoms. The minimum absolute atomic E-state index is 0.0265. The van der Waals surface area contributed by atoms with Crippen molar-refractivity contribution in [3.63, 3.8) is 0 Å². The first-order valence-corrected chi connectivity index (χ1v) is 7.58. The molecule has 0 saturated carbocycles. The zero-order valence-corrected chi connectivity index (χ0v) is 13.7. The fourth-order valence-electron chi connectivity index (χ4n) is 1.31. The molecule has 0 aliphatic carbocycles. The topological polar surface area (TPSA) is 78.9 Å². The average Bonchev–Trinajstić information content (AvgIpc) is 2.53. The molecule has 8 heteroatoms. The highest BCUT2D eigenvalue weighted by Crippen LogP contribution is 2.24. The Kier molecular flexibility index (Phi) is 10.2. The fourth-order valence-corrected chi connectivity index (χ4v) is 1.47. The lowest BCUT2D eigenvalue weighted by Crippen LogP contribution is -2.39. The molecule has 122 valence electrons. The van der Waals surface area contributed by atoms with Crippen LogP contribution in [0.25, 0.3) is 0 Å². The number of halogens is 2. The van der Waals surface area contributed by atoms with Gasteiger partial charge in [0.25, 0.3) is 0 Å². The van der Waals surface area contributed by atoms with Gasteiger partial charge in [-0.3, -0.25) is 14.4 Å². The number of alkyl halides is 2. The van der Waals surface area contributed by atoms with Gasteiger partial charge in [0.05, 0.1) is 5.41 Å². The van der Waals surface area contributed by atoms with E-state index in [2.05, 4.69) is 0 Å². The molecule has 0 aromatic rings. The van der Waals surface area contributed by atoms with Crippen LogP contribution in [-0.4, -0.2) is 49.5 Å². The van der Waals surface area contributed by atoms with Crippen LogP contribution in [0.15, 0.2) is 0 Å². The van der Waals surface area contributed by atoms with Crippen molar-refractivity contribution < 1.29 is 28.6 Å². The van der Waals surface area contributed by atoms with Crippen molar-refractivity contribution in [1.29, 1.82) is 0 Å². The lowest BCUT2D eigenvalue weighted by atomic mass is 9.88. The summed E-state index contributed by atoms with van der Waals surface area (Å²) < 4.78 is 15.1. The molecule has 0 rings (SSSR count). The number of hydrogen-bond acceptors (Lipinski definition) is 6. The smallest absolute Gasteiger partial charge is 0.320 e. The molecule has 0 bridgehead atoms. The second-order valence-electron chi connectivity index (χ2n) is 4.46. The van der Waals surface area contributed by atoms with Crippen LogP contribution >= 0.6 is 23.2 Å². The number of rotatable bonds is 10. The SMILES string of the molecule is CCC(=O)OCC(CC)(COC(=O)CCl)COC(=O)CCl. The van der Waals surface area contributed by atoms with Crippen LogP contribution in [0.4, 0.5) is 0 Å². The Morgan fingerprint density at radius 2 is 1.19 bits per heavy atom. The summed E-state index contributed by atoms with van der Waals surface area (Å²) in [6.07, 6.45) is 0.692. The fraction of sp³-hybridized carbons (Fsp3) is 0.769. The summed E-state index contributed by atoms with van der Waals surface area (Å²) >= 11 is 10.7. The Morgan fingerprint density at radius 1 is 0.810 bits per heavy atom. The molecule has 0 amide bonds. The van der Waals surface area contributed by atoms with Crippen LogP contribution in [0.5, 0.6) is 0 Å². The van der Waals surface area contributed by atoms with E-state index in [1.165, 1.54) is 0 Å². The zero-order chi connectivity index (χ0) is 16.3. The molecule has 0 aromatic heterocycles. The maximum atomic E-state index is 11.3. The first-order valence-electron chi connectivity index (χ1n) is 6.51. The molecule has 0 aliphatic heterocycles. The molecular formula is C13H20Cl2O6. The van der Waals surface area contributed by atoms with E-state index in [1.807, 2.05) is 6.92 Å². The molecule has 0 N–H and O–H groups in total. The highest BCUT2D eigenvalue weighted by molar-refractivity contribution is 6.26. The van der Waals surface area contributed by atoms with E-state index in [1.54, 1.807) is 6.92 Å². The summed E-state index contributed by atoms with van der Waals surface area (Å²) in [5.74, 6) is -2.15. The van der Waals surface area contributed by atoms with Crippen molar-refractivity contribution in [2.45, 2.75) is 26.7 Å². The van der Waals surface area contributed by atoms with Gasteiger partial charge >= 0.3 is 17.9 Å². The molecule has 0 fully saturated rings. The number of carbonyl (C=O) groups is 3. The summed E-state index contributed by atoms with van der Waals surface area (Å²) in [7, 11) is 0. The third kappa shape index (κ3) is 8.12. The molecule has 0 aromatic carbocycles. The Bertz CT molecular complexity index is 308. The van der Waals surface area contributed by atoms with Crippen molar-refractivity contribution in [2.24, 2.45) is 5.41 Å². The van der Waals surface area contributed by atoms with Gasteiger partial charge in [-0.1, -0.05) is 13.8 Å². The van der Waals surface area contributed by atoms with E-state index >= 15 is 0 Å². The van der Waals surface area contributed by atoms with E-state index in [4.69, 9.17) is 37.4 Å². The summed E-state index contributed by atoms with van der Waals surface area (Å²) in [4.78, 5) is 33.6. The monoisotopic (exact) mass is 342 g/mol. The van der Waals surface area contributed by atoms with E-state index in [-0.39, 0.29) is 44.0 Å². The molecule has 0 atom stereocenters. The lowest BCUT2D eigenvalue weighted by Gasteiger charge is -2.30. The summed E-state index contributed by atoms with van der Waals surface area (Å²) in [5, 5.41) is 0. The van der Waals surface area contributed by atoms with Crippen molar-refractivity contribution in [1.82, 2.24) is 0 Å². The highest BCUT2D eigenvalue weighted by atomic mass is 35.5. The number of ether oxygens (including phenoxy) is 3. The van der Waals surface area contributed by atoms with Gasteiger partial charge in [-0.2, -0.15) is 0 Å².